The molecule has 122 valence electrons. The second kappa shape index (κ2) is 8.64. The van der Waals surface area contributed by atoms with Crippen molar-refractivity contribution in [2.75, 3.05) is 5.73 Å². The summed E-state index contributed by atoms with van der Waals surface area (Å²) in [7, 11) is 0. The van der Waals surface area contributed by atoms with Gasteiger partial charge in [0.25, 0.3) is 5.91 Å². The van der Waals surface area contributed by atoms with Crippen molar-refractivity contribution in [3.05, 3.63) is 58.2 Å². The van der Waals surface area contributed by atoms with Gasteiger partial charge in [0.05, 0.1) is 18.3 Å². The Bertz CT molecular complexity index is 646. The Balaban J connectivity index is 0.000000168. The van der Waals surface area contributed by atoms with Crippen molar-refractivity contribution in [1.29, 1.82) is 0 Å². The molecule has 6 heteroatoms. The molecule has 1 saturated carbocycles. The summed E-state index contributed by atoms with van der Waals surface area (Å²) in [6.45, 7) is 0.783. The van der Waals surface area contributed by atoms with E-state index in [4.69, 9.17) is 16.2 Å². The fourth-order valence-electron chi connectivity index (χ4n) is 1.97. The molecule has 3 rings (SSSR count). The first kappa shape index (κ1) is 17.4. The molecule has 5 nitrogen and oxygen atoms in total. The number of hydrogen-bond acceptors (Lipinski definition) is 4. The first-order chi connectivity index (χ1) is 11.1. The van der Waals surface area contributed by atoms with Crippen LogP contribution in [-0.2, 0) is 11.3 Å². The molecule has 23 heavy (non-hydrogen) atoms. The highest BCUT2D eigenvalue weighted by molar-refractivity contribution is 9.10. The van der Waals surface area contributed by atoms with E-state index in [9.17, 15) is 4.79 Å². The number of rotatable bonds is 4. The molecule has 0 bridgehead atoms. The van der Waals surface area contributed by atoms with Crippen LogP contribution in [0.25, 0.3) is 0 Å². The quantitative estimate of drug-likeness (QED) is 0.854. The standard InChI is InChI=1S/C11H14O.C6H6BrN3O/c1-2-5-10(6-3-1)9-12-11-7-4-8-11;7-3-1-4(6(9)11)5(8)10-2-3/h1-3,5-6,11H,4,7-9H2;1-2H,(H2,8,10)(H2,9,11). The van der Waals surface area contributed by atoms with Gasteiger partial charge < -0.3 is 16.2 Å². The molecule has 0 aliphatic heterocycles. The van der Waals surface area contributed by atoms with Gasteiger partial charge in [-0.1, -0.05) is 30.3 Å². The first-order valence-corrected chi connectivity index (χ1v) is 8.22. The lowest BCUT2D eigenvalue weighted by molar-refractivity contribution is -0.00866. The van der Waals surface area contributed by atoms with E-state index in [1.807, 2.05) is 6.07 Å². The molecule has 0 unspecified atom stereocenters. The van der Waals surface area contributed by atoms with Gasteiger partial charge in [-0.05, 0) is 46.8 Å². The molecular weight excluding hydrogens is 358 g/mol. The highest BCUT2D eigenvalue weighted by Gasteiger charge is 2.17. The summed E-state index contributed by atoms with van der Waals surface area (Å²) in [6.07, 6.45) is 5.91. The van der Waals surface area contributed by atoms with E-state index in [1.54, 1.807) is 0 Å². The molecule has 1 fully saturated rings. The van der Waals surface area contributed by atoms with Gasteiger partial charge in [0.2, 0.25) is 0 Å². The van der Waals surface area contributed by atoms with Crippen molar-refractivity contribution in [2.24, 2.45) is 5.73 Å². The minimum Gasteiger partial charge on any atom is -0.383 e. The van der Waals surface area contributed by atoms with Gasteiger partial charge in [-0.25, -0.2) is 4.98 Å². The number of halogens is 1. The summed E-state index contributed by atoms with van der Waals surface area (Å²) >= 11 is 3.14. The average molecular weight is 378 g/mol. The van der Waals surface area contributed by atoms with Crippen molar-refractivity contribution in [3.63, 3.8) is 0 Å². The number of carbonyl (C=O) groups excluding carboxylic acids is 1. The van der Waals surface area contributed by atoms with Gasteiger partial charge in [0, 0.05) is 10.7 Å². The summed E-state index contributed by atoms with van der Waals surface area (Å²) in [5.74, 6) is -0.419. The molecule has 0 radical (unpaired) electrons. The van der Waals surface area contributed by atoms with Crippen molar-refractivity contribution in [2.45, 2.75) is 32.0 Å². The van der Waals surface area contributed by atoms with Gasteiger partial charge in [-0.15, -0.1) is 0 Å². The summed E-state index contributed by atoms with van der Waals surface area (Å²) in [6, 6.07) is 11.9. The number of hydrogen-bond donors (Lipinski definition) is 2. The van der Waals surface area contributed by atoms with E-state index < -0.39 is 5.91 Å². The first-order valence-electron chi connectivity index (χ1n) is 7.42. The van der Waals surface area contributed by atoms with Crippen LogP contribution in [-0.4, -0.2) is 17.0 Å². The molecule has 0 saturated heterocycles. The lowest BCUT2D eigenvalue weighted by atomic mass is 9.96. The van der Waals surface area contributed by atoms with Crippen LogP contribution in [0, 0.1) is 0 Å². The third kappa shape index (κ3) is 5.65. The second-order valence-corrected chi connectivity index (χ2v) is 6.22. The second-order valence-electron chi connectivity index (χ2n) is 5.30. The maximum absolute atomic E-state index is 10.7. The number of nitrogen functional groups attached to an aromatic ring is 1. The summed E-state index contributed by atoms with van der Waals surface area (Å²) < 4.78 is 6.35. The SMILES string of the molecule is NC(=O)c1cc(Br)cnc1N.c1ccc(COC2CCC2)cc1. The molecule has 1 aliphatic rings. The number of benzene rings is 1. The van der Waals surface area contributed by atoms with Gasteiger partial charge in [-0.3, -0.25) is 4.79 Å². The Morgan fingerprint density at radius 3 is 2.52 bits per heavy atom. The number of amides is 1. The van der Waals surface area contributed by atoms with Crippen LogP contribution in [0.1, 0.15) is 35.2 Å². The summed E-state index contributed by atoms with van der Waals surface area (Å²) in [4.78, 5) is 14.4. The maximum atomic E-state index is 10.7. The largest absolute Gasteiger partial charge is 0.383 e. The van der Waals surface area contributed by atoms with Gasteiger partial charge in [-0.2, -0.15) is 0 Å². The molecule has 1 heterocycles. The van der Waals surface area contributed by atoms with E-state index in [0.717, 1.165) is 6.61 Å². The van der Waals surface area contributed by atoms with Gasteiger partial charge in [0.1, 0.15) is 5.82 Å². The molecular formula is C17H20BrN3O2. The lowest BCUT2D eigenvalue weighted by Crippen LogP contribution is -2.21. The lowest BCUT2D eigenvalue weighted by Gasteiger charge is -2.25. The number of pyridine rings is 1. The highest BCUT2D eigenvalue weighted by Crippen LogP contribution is 2.22. The Labute approximate surface area is 144 Å². The Kier molecular flexibility index (Phi) is 6.55. The average Bonchev–Trinajstić information content (AvgIpc) is 2.50. The number of ether oxygens (including phenoxy) is 1. The predicted molar refractivity (Wildman–Crippen MR) is 93.7 cm³/mol. The highest BCUT2D eigenvalue weighted by atomic mass is 79.9. The fourth-order valence-corrected chi connectivity index (χ4v) is 2.30. The van der Waals surface area contributed by atoms with Gasteiger partial charge in [0.15, 0.2) is 0 Å². The molecule has 0 atom stereocenters. The number of nitrogens with two attached hydrogens (primary N) is 2. The molecule has 1 aromatic heterocycles. The van der Waals surface area contributed by atoms with Crippen LogP contribution in [0.5, 0.6) is 0 Å². The summed E-state index contributed by atoms with van der Waals surface area (Å²) in [5, 5.41) is 0. The number of aromatic nitrogens is 1. The smallest absolute Gasteiger partial charge is 0.252 e. The minimum absolute atomic E-state index is 0.153. The van der Waals surface area contributed by atoms with Crippen LogP contribution in [0.2, 0.25) is 0 Å². The summed E-state index contributed by atoms with van der Waals surface area (Å²) in [5.41, 5.74) is 11.9. The Hall–Kier alpha value is -1.92. The third-order valence-corrected chi connectivity index (χ3v) is 3.96. The molecule has 1 aromatic carbocycles. The zero-order valence-corrected chi connectivity index (χ0v) is 14.3. The Morgan fingerprint density at radius 2 is 2.00 bits per heavy atom. The monoisotopic (exact) mass is 377 g/mol. The van der Waals surface area contributed by atoms with Crippen molar-refractivity contribution >= 4 is 27.7 Å². The van der Waals surface area contributed by atoms with E-state index in [1.165, 1.54) is 37.1 Å². The van der Waals surface area contributed by atoms with Gasteiger partial charge >= 0.3 is 0 Å². The zero-order chi connectivity index (χ0) is 16.7. The van der Waals surface area contributed by atoms with E-state index in [-0.39, 0.29) is 11.4 Å². The molecule has 4 N–H and O–H groups in total. The van der Waals surface area contributed by atoms with E-state index in [0.29, 0.717) is 10.6 Å². The minimum atomic E-state index is -0.573. The van der Waals surface area contributed by atoms with Crippen LogP contribution in [0.4, 0.5) is 5.82 Å². The molecule has 1 amide bonds. The van der Waals surface area contributed by atoms with Crippen LogP contribution in [0.15, 0.2) is 47.1 Å². The fraction of sp³-hybridized carbons (Fsp3) is 0.294. The topological polar surface area (TPSA) is 91.2 Å². The maximum Gasteiger partial charge on any atom is 0.252 e. The van der Waals surface area contributed by atoms with Crippen molar-refractivity contribution in [1.82, 2.24) is 4.98 Å². The number of carbonyl (C=O) groups is 1. The predicted octanol–water partition coefficient (Wildman–Crippen LogP) is 3.28. The molecule has 2 aromatic rings. The number of anilines is 1. The van der Waals surface area contributed by atoms with E-state index in [2.05, 4.69) is 45.2 Å². The van der Waals surface area contributed by atoms with E-state index >= 15 is 0 Å². The van der Waals surface area contributed by atoms with Crippen molar-refractivity contribution < 1.29 is 9.53 Å². The Morgan fingerprint density at radius 1 is 1.30 bits per heavy atom. The molecule has 0 spiro atoms. The van der Waals surface area contributed by atoms with Crippen LogP contribution in [0.3, 0.4) is 0 Å². The zero-order valence-electron chi connectivity index (χ0n) is 12.7. The van der Waals surface area contributed by atoms with Crippen molar-refractivity contribution in [3.8, 4) is 0 Å². The normalized spacial score (nSPS) is 13.6. The number of nitrogens with zero attached hydrogens (tertiary/aromatic N) is 1. The van der Waals surface area contributed by atoms with Crippen LogP contribution >= 0.6 is 15.9 Å². The third-order valence-electron chi connectivity index (χ3n) is 3.53. The molecule has 1 aliphatic carbocycles. The number of primary amides is 1. The van der Waals surface area contributed by atoms with Crippen LogP contribution < -0.4 is 11.5 Å².